The summed E-state index contributed by atoms with van der Waals surface area (Å²) < 4.78 is 32.3. The summed E-state index contributed by atoms with van der Waals surface area (Å²) in [5.74, 6) is -0.220. The van der Waals surface area contributed by atoms with Gasteiger partial charge in [0.25, 0.3) is 10.0 Å². The number of benzene rings is 2. The lowest BCUT2D eigenvalue weighted by Crippen LogP contribution is -2.36. The van der Waals surface area contributed by atoms with Crippen LogP contribution in [0.4, 0.5) is 5.69 Å². The maximum Gasteiger partial charge on any atom is 0.264 e. The van der Waals surface area contributed by atoms with Crippen LogP contribution in [-0.2, 0) is 19.6 Å². The van der Waals surface area contributed by atoms with Gasteiger partial charge in [0, 0.05) is 26.6 Å². The number of ether oxygens (including phenoxy) is 1. The molecular formula is C19H24N2O4S. The Kier molecular flexibility index (Phi) is 7.17. The number of aryl methyl sites for hydroxylation is 1. The topological polar surface area (TPSA) is 75.7 Å². The normalized spacial score (nSPS) is 11.2. The van der Waals surface area contributed by atoms with Gasteiger partial charge in [-0.15, -0.1) is 0 Å². The summed E-state index contributed by atoms with van der Waals surface area (Å²) in [7, 11) is -2.21. The maximum absolute atomic E-state index is 13.1. The summed E-state index contributed by atoms with van der Waals surface area (Å²) >= 11 is 0. The summed E-state index contributed by atoms with van der Waals surface area (Å²) in [4.78, 5) is 12.2. The molecule has 6 nitrogen and oxygen atoms in total. The van der Waals surface area contributed by atoms with Gasteiger partial charge in [-0.05, 0) is 31.2 Å². The molecule has 2 aromatic rings. The fourth-order valence-electron chi connectivity index (χ4n) is 2.40. The van der Waals surface area contributed by atoms with Crippen molar-refractivity contribution in [3.05, 3.63) is 60.2 Å². The number of anilines is 1. The molecule has 0 aliphatic carbocycles. The van der Waals surface area contributed by atoms with Crippen molar-refractivity contribution in [1.82, 2.24) is 5.32 Å². The van der Waals surface area contributed by atoms with E-state index in [-0.39, 0.29) is 23.8 Å². The first kappa shape index (κ1) is 19.9. The van der Waals surface area contributed by atoms with Gasteiger partial charge in [-0.2, -0.15) is 0 Å². The van der Waals surface area contributed by atoms with Gasteiger partial charge >= 0.3 is 0 Å². The molecule has 0 bridgehead atoms. The number of carbonyl (C=O) groups excluding carboxylic acids is 1. The van der Waals surface area contributed by atoms with Crippen molar-refractivity contribution in [2.24, 2.45) is 0 Å². The number of carbonyl (C=O) groups is 1. The quantitative estimate of drug-likeness (QED) is 0.682. The van der Waals surface area contributed by atoms with Crippen molar-refractivity contribution in [3.63, 3.8) is 0 Å². The molecule has 7 heteroatoms. The largest absolute Gasteiger partial charge is 0.383 e. The van der Waals surface area contributed by atoms with Crippen LogP contribution in [0.3, 0.4) is 0 Å². The van der Waals surface area contributed by atoms with E-state index in [0.717, 1.165) is 5.56 Å². The van der Waals surface area contributed by atoms with Crippen molar-refractivity contribution in [3.8, 4) is 0 Å². The third-order valence-electron chi connectivity index (χ3n) is 3.82. The number of para-hydroxylation sites is 1. The molecule has 0 atom stereocenters. The molecule has 0 aliphatic rings. The number of hydrogen-bond donors (Lipinski definition) is 1. The van der Waals surface area contributed by atoms with E-state index in [1.165, 1.54) is 4.31 Å². The molecule has 0 fully saturated rings. The van der Waals surface area contributed by atoms with E-state index in [1.807, 2.05) is 13.0 Å². The molecule has 140 valence electrons. The van der Waals surface area contributed by atoms with E-state index < -0.39 is 10.0 Å². The van der Waals surface area contributed by atoms with Gasteiger partial charge in [0.15, 0.2) is 0 Å². The minimum absolute atomic E-state index is 0.0546. The standard InChI is InChI=1S/C19H24N2O4S/c1-16-8-10-18(11-9-16)26(23,24)21(17-6-4-3-5-7-17)14-12-19(22)20-13-15-25-2/h3-11H,12-15H2,1-2H3,(H,20,22). The molecule has 1 amide bonds. The number of nitrogens with one attached hydrogen (secondary N) is 1. The second-order valence-electron chi connectivity index (χ2n) is 5.82. The monoisotopic (exact) mass is 376 g/mol. The molecule has 0 saturated carbocycles. The molecule has 0 aliphatic heterocycles. The van der Waals surface area contributed by atoms with Crippen LogP contribution in [0, 0.1) is 6.92 Å². The first-order chi connectivity index (χ1) is 12.4. The van der Waals surface area contributed by atoms with Crippen LogP contribution in [0.5, 0.6) is 0 Å². The molecular weight excluding hydrogens is 352 g/mol. The van der Waals surface area contributed by atoms with Gasteiger partial charge < -0.3 is 10.1 Å². The Labute approximate surface area is 154 Å². The summed E-state index contributed by atoms with van der Waals surface area (Å²) in [5.41, 5.74) is 1.51. The second-order valence-corrected chi connectivity index (χ2v) is 7.68. The lowest BCUT2D eigenvalue weighted by atomic mass is 10.2. The number of hydrogen-bond acceptors (Lipinski definition) is 4. The average Bonchev–Trinajstić information content (AvgIpc) is 2.63. The van der Waals surface area contributed by atoms with Crippen LogP contribution in [0.2, 0.25) is 0 Å². The lowest BCUT2D eigenvalue weighted by Gasteiger charge is -2.24. The van der Waals surface area contributed by atoms with Crippen LogP contribution < -0.4 is 9.62 Å². The molecule has 0 aromatic heterocycles. The first-order valence-corrected chi connectivity index (χ1v) is 9.79. The van der Waals surface area contributed by atoms with Gasteiger partial charge in [-0.25, -0.2) is 8.42 Å². The van der Waals surface area contributed by atoms with E-state index in [2.05, 4.69) is 5.32 Å². The average molecular weight is 376 g/mol. The summed E-state index contributed by atoms with van der Waals surface area (Å²) in [6.45, 7) is 2.76. The van der Waals surface area contributed by atoms with E-state index in [9.17, 15) is 13.2 Å². The van der Waals surface area contributed by atoms with E-state index in [1.54, 1.807) is 55.6 Å². The molecule has 0 spiro atoms. The molecule has 1 N–H and O–H groups in total. The molecule has 0 heterocycles. The lowest BCUT2D eigenvalue weighted by molar-refractivity contribution is -0.121. The molecule has 0 saturated heterocycles. The van der Waals surface area contributed by atoms with Crippen molar-refractivity contribution < 1.29 is 17.9 Å². The summed E-state index contributed by atoms with van der Waals surface area (Å²) in [5, 5.41) is 2.70. The van der Waals surface area contributed by atoms with Gasteiger partial charge in [0.2, 0.25) is 5.91 Å². The molecule has 26 heavy (non-hydrogen) atoms. The minimum atomic E-state index is -3.76. The predicted octanol–water partition coefficient (Wildman–Crippen LogP) is 2.34. The Morgan fingerprint density at radius 2 is 1.73 bits per heavy atom. The van der Waals surface area contributed by atoms with Gasteiger partial charge in [0.05, 0.1) is 17.2 Å². The zero-order chi connectivity index (χ0) is 19.0. The van der Waals surface area contributed by atoms with Crippen LogP contribution in [0.15, 0.2) is 59.5 Å². The van der Waals surface area contributed by atoms with Crippen molar-refractivity contribution >= 4 is 21.6 Å². The van der Waals surface area contributed by atoms with Crippen LogP contribution in [0.25, 0.3) is 0 Å². The number of amides is 1. The highest BCUT2D eigenvalue weighted by molar-refractivity contribution is 7.92. The Morgan fingerprint density at radius 1 is 1.08 bits per heavy atom. The van der Waals surface area contributed by atoms with Crippen LogP contribution in [0.1, 0.15) is 12.0 Å². The number of rotatable bonds is 9. The van der Waals surface area contributed by atoms with Crippen molar-refractivity contribution in [2.45, 2.75) is 18.2 Å². The zero-order valence-corrected chi connectivity index (χ0v) is 15.8. The van der Waals surface area contributed by atoms with Crippen LogP contribution >= 0.6 is 0 Å². The smallest absolute Gasteiger partial charge is 0.264 e. The third-order valence-corrected chi connectivity index (χ3v) is 5.67. The number of nitrogens with zero attached hydrogens (tertiary/aromatic N) is 1. The Morgan fingerprint density at radius 3 is 2.35 bits per heavy atom. The first-order valence-electron chi connectivity index (χ1n) is 8.35. The molecule has 2 rings (SSSR count). The highest BCUT2D eigenvalue weighted by Crippen LogP contribution is 2.24. The zero-order valence-electron chi connectivity index (χ0n) is 15.0. The molecule has 2 aromatic carbocycles. The third kappa shape index (κ3) is 5.31. The van der Waals surface area contributed by atoms with E-state index >= 15 is 0 Å². The van der Waals surface area contributed by atoms with Crippen molar-refractivity contribution in [2.75, 3.05) is 31.1 Å². The Balaban J connectivity index is 2.22. The predicted molar refractivity (Wildman–Crippen MR) is 102 cm³/mol. The van der Waals surface area contributed by atoms with Crippen LogP contribution in [-0.4, -0.2) is 41.1 Å². The Hall–Kier alpha value is -2.38. The maximum atomic E-state index is 13.1. The molecule has 0 radical (unpaired) electrons. The highest BCUT2D eigenvalue weighted by Gasteiger charge is 2.25. The summed E-state index contributed by atoms with van der Waals surface area (Å²) in [6.07, 6.45) is 0.0592. The SMILES string of the molecule is COCCNC(=O)CCN(c1ccccc1)S(=O)(=O)c1ccc(C)cc1. The minimum Gasteiger partial charge on any atom is -0.383 e. The summed E-state index contributed by atoms with van der Waals surface area (Å²) in [6, 6.07) is 15.5. The fraction of sp³-hybridized carbons (Fsp3) is 0.316. The fourth-order valence-corrected chi connectivity index (χ4v) is 3.87. The van der Waals surface area contributed by atoms with Crippen molar-refractivity contribution in [1.29, 1.82) is 0 Å². The molecule has 0 unspecified atom stereocenters. The van der Waals surface area contributed by atoms with Gasteiger partial charge in [-0.1, -0.05) is 35.9 Å². The van der Waals surface area contributed by atoms with E-state index in [0.29, 0.717) is 18.8 Å². The van der Waals surface area contributed by atoms with Gasteiger partial charge in [-0.3, -0.25) is 9.10 Å². The van der Waals surface area contributed by atoms with Gasteiger partial charge in [0.1, 0.15) is 0 Å². The number of methoxy groups -OCH3 is 1. The second kappa shape index (κ2) is 9.35. The Bertz CT molecular complexity index is 805. The van der Waals surface area contributed by atoms with E-state index in [4.69, 9.17) is 4.74 Å². The number of sulfonamides is 1. The highest BCUT2D eigenvalue weighted by atomic mass is 32.2.